The molecule has 0 radical (unpaired) electrons. The fraction of sp³-hybridized carbons (Fsp3) is 0.500. The molecule has 2 heterocycles. The second kappa shape index (κ2) is 4.53. The van der Waals surface area contributed by atoms with Gasteiger partial charge in [-0.2, -0.15) is 11.8 Å². The number of thioether (sulfide) groups is 1. The molecule has 0 spiro atoms. The molecule has 1 aromatic rings. The zero-order valence-electron chi connectivity index (χ0n) is 7.66. The number of hydrogen-bond donors (Lipinski definition) is 0. The van der Waals surface area contributed by atoms with Gasteiger partial charge in [0.15, 0.2) is 10.5 Å². The van der Waals surface area contributed by atoms with E-state index in [1.165, 1.54) is 6.42 Å². The highest BCUT2D eigenvalue weighted by Gasteiger charge is 2.23. The third-order valence-corrected chi connectivity index (χ3v) is 4.12. The summed E-state index contributed by atoms with van der Waals surface area (Å²) in [5, 5.41) is 0.207. The van der Waals surface area contributed by atoms with E-state index < -0.39 is 0 Å². The van der Waals surface area contributed by atoms with Crippen LogP contribution in [0, 0.1) is 0 Å². The molecule has 0 aromatic carbocycles. The van der Waals surface area contributed by atoms with Gasteiger partial charge >= 0.3 is 0 Å². The highest BCUT2D eigenvalue weighted by Crippen LogP contribution is 2.28. The van der Waals surface area contributed by atoms with E-state index in [2.05, 4.69) is 15.9 Å². The summed E-state index contributed by atoms with van der Waals surface area (Å²) in [5.41, 5.74) is 0. The van der Waals surface area contributed by atoms with Crippen molar-refractivity contribution < 1.29 is 9.21 Å². The molecule has 4 heteroatoms. The molecule has 1 aromatic heterocycles. The molecule has 1 fully saturated rings. The van der Waals surface area contributed by atoms with Crippen LogP contribution in [0.3, 0.4) is 0 Å². The Hall–Kier alpha value is -0.220. The van der Waals surface area contributed by atoms with Crippen molar-refractivity contribution in [2.45, 2.75) is 24.5 Å². The average Bonchev–Trinajstić information content (AvgIpc) is 2.75. The van der Waals surface area contributed by atoms with Crippen LogP contribution in [0.25, 0.3) is 0 Å². The number of Topliss-reactive ketones (excluding diaryl/α,β-unsaturated/α-hetero) is 1. The van der Waals surface area contributed by atoms with Gasteiger partial charge in [-0.15, -0.1) is 0 Å². The first kappa shape index (κ1) is 10.3. The van der Waals surface area contributed by atoms with E-state index >= 15 is 0 Å². The lowest BCUT2D eigenvalue weighted by Gasteiger charge is -2.04. The van der Waals surface area contributed by atoms with Gasteiger partial charge in [-0.25, -0.2) is 0 Å². The Balaban J connectivity index is 1.93. The molecule has 2 rings (SSSR count). The first-order valence-electron chi connectivity index (χ1n) is 4.64. The third-order valence-electron chi connectivity index (χ3n) is 2.27. The van der Waals surface area contributed by atoms with Gasteiger partial charge in [0.1, 0.15) is 5.76 Å². The average molecular weight is 275 g/mol. The fourth-order valence-electron chi connectivity index (χ4n) is 1.56. The summed E-state index contributed by atoms with van der Waals surface area (Å²) in [6.07, 6.45) is 2.64. The quantitative estimate of drug-likeness (QED) is 0.849. The molecule has 0 saturated carbocycles. The van der Waals surface area contributed by atoms with Gasteiger partial charge in [0.05, 0.1) is 11.7 Å². The minimum atomic E-state index is 0.207. The summed E-state index contributed by atoms with van der Waals surface area (Å²) >= 11 is 5.00. The molecule has 1 aliphatic rings. The van der Waals surface area contributed by atoms with E-state index in [-0.39, 0.29) is 5.25 Å². The number of carbonyl (C=O) groups is 1. The Morgan fingerprint density at radius 1 is 1.64 bits per heavy atom. The zero-order chi connectivity index (χ0) is 9.97. The molecule has 1 aliphatic heterocycles. The predicted molar refractivity (Wildman–Crippen MR) is 60.6 cm³/mol. The minimum Gasteiger partial charge on any atom is -0.454 e. The molecule has 1 atom stereocenters. The molecular weight excluding hydrogens is 264 g/mol. The Morgan fingerprint density at radius 2 is 2.50 bits per heavy atom. The topological polar surface area (TPSA) is 30.2 Å². The van der Waals surface area contributed by atoms with Gasteiger partial charge in [0, 0.05) is 0 Å². The van der Waals surface area contributed by atoms with Crippen LogP contribution in [-0.4, -0.2) is 16.8 Å². The van der Waals surface area contributed by atoms with E-state index in [0.29, 0.717) is 16.9 Å². The number of hydrogen-bond acceptors (Lipinski definition) is 3. The molecule has 14 heavy (non-hydrogen) atoms. The molecule has 1 unspecified atom stereocenters. The highest BCUT2D eigenvalue weighted by molar-refractivity contribution is 9.10. The van der Waals surface area contributed by atoms with Crippen molar-refractivity contribution >= 4 is 33.5 Å². The van der Waals surface area contributed by atoms with Crippen molar-refractivity contribution in [2.24, 2.45) is 0 Å². The summed E-state index contributed by atoms with van der Waals surface area (Å²) in [5.74, 6) is 2.18. The molecule has 0 aliphatic carbocycles. The maximum atomic E-state index is 11.7. The molecule has 76 valence electrons. The zero-order valence-corrected chi connectivity index (χ0v) is 10.1. The SMILES string of the molecule is O=C(Cc1ccc(Br)o1)C1CCCS1. The Labute approximate surface area is 95.6 Å². The van der Waals surface area contributed by atoms with Gasteiger partial charge in [0.2, 0.25) is 0 Å². The number of halogens is 1. The van der Waals surface area contributed by atoms with Crippen LogP contribution < -0.4 is 0 Å². The number of carbonyl (C=O) groups excluding carboxylic acids is 1. The van der Waals surface area contributed by atoms with Gasteiger partial charge in [-0.3, -0.25) is 4.79 Å². The van der Waals surface area contributed by atoms with Crippen LogP contribution >= 0.6 is 27.7 Å². The first-order valence-corrected chi connectivity index (χ1v) is 6.48. The molecule has 0 amide bonds. The minimum absolute atomic E-state index is 0.207. The van der Waals surface area contributed by atoms with Crippen molar-refractivity contribution in [1.29, 1.82) is 0 Å². The normalized spacial score (nSPS) is 21.4. The second-order valence-electron chi connectivity index (χ2n) is 3.35. The van der Waals surface area contributed by atoms with Crippen molar-refractivity contribution in [3.63, 3.8) is 0 Å². The van der Waals surface area contributed by atoms with E-state index in [1.807, 2.05) is 12.1 Å². The van der Waals surface area contributed by atoms with Gasteiger partial charge in [-0.1, -0.05) is 0 Å². The maximum Gasteiger partial charge on any atom is 0.169 e. The number of rotatable bonds is 3. The molecule has 0 bridgehead atoms. The van der Waals surface area contributed by atoms with E-state index in [4.69, 9.17) is 4.42 Å². The Bertz CT molecular complexity index is 329. The van der Waals surface area contributed by atoms with Gasteiger partial charge in [-0.05, 0) is 46.7 Å². The molecule has 0 N–H and O–H groups in total. The molecular formula is C10H11BrO2S. The molecule has 2 nitrogen and oxygen atoms in total. The summed E-state index contributed by atoms with van der Waals surface area (Å²) in [4.78, 5) is 11.7. The summed E-state index contributed by atoms with van der Waals surface area (Å²) in [6, 6.07) is 3.67. The van der Waals surface area contributed by atoms with Crippen molar-refractivity contribution in [3.8, 4) is 0 Å². The molecule has 1 saturated heterocycles. The summed E-state index contributed by atoms with van der Waals surface area (Å²) in [6.45, 7) is 0. The van der Waals surface area contributed by atoms with Gasteiger partial charge < -0.3 is 4.42 Å². The third kappa shape index (κ3) is 2.42. The van der Waals surface area contributed by atoms with E-state index in [9.17, 15) is 4.79 Å². The van der Waals surface area contributed by atoms with Crippen LogP contribution in [-0.2, 0) is 11.2 Å². The fourth-order valence-corrected chi connectivity index (χ4v) is 3.12. The lowest BCUT2D eigenvalue weighted by atomic mass is 10.1. The van der Waals surface area contributed by atoms with Crippen LogP contribution in [0.4, 0.5) is 0 Å². The first-order chi connectivity index (χ1) is 6.75. The lowest BCUT2D eigenvalue weighted by Crippen LogP contribution is -2.15. The summed E-state index contributed by atoms with van der Waals surface area (Å²) in [7, 11) is 0. The predicted octanol–water partition coefficient (Wildman–Crippen LogP) is 3.05. The van der Waals surface area contributed by atoms with Crippen LogP contribution in [0.1, 0.15) is 18.6 Å². The number of furan rings is 1. The monoisotopic (exact) mass is 274 g/mol. The Kier molecular flexibility index (Phi) is 3.34. The van der Waals surface area contributed by atoms with Gasteiger partial charge in [0.25, 0.3) is 0 Å². The second-order valence-corrected chi connectivity index (χ2v) is 5.44. The van der Waals surface area contributed by atoms with Crippen LogP contribution in [0.2, 0.25) is 0 Å². The Morgan fingerprint density at radius 3 is 3.07 bits per heavy atom. The van der Waals surface area contributed by atoms with E-state index in [1.54, 1.807) is 11.8 Å². The van der Waals surface area contributed by atoms with Crippen molar-refractivity contribution in [1.82, 2.24) is 0 Å². The smallest absolute Gasteiger partial charge is 0.169 e. The van der Waals surface area contributed by atoms with E-state index in [0.717, 1.165) is 17.9 Å². The van der Waals surface area contributed by atoms with Crippen molar-refractivity contribution in [2.75, 3.05) is 5.75 Å². The standard InChI is InChI=1S/C10H11BrO2S/c11-10-4-3-7(13-10)6-8(12)9-2-1-5-14-9/h3-4,9H,1-2,5-6H2. The van der Waals surface area contributed by atoms with Crippen molar-refractivity contribution in [3.05, 3.63) is 22.6 Å². The largest absolute Gasteiger partial charge is 0.454 e. The highest BCUT2D eigenvalue weighted by atomic mass is 79.9. The van der Waals surface area contributed by atoms with Crippen LogP contribution in [0.5, 0.6) is 0 Å². The maximum absolute atomic E-state index is 11.7. The number of ketones is 1. The summed E-state index contributed by atoms with van der Waals surface area (Å²) < 4.78 is 5.99. The lowest BCUT2D eigenvalue weighted by molar-refractivity contribution is -0.118. The van der Waals surface area contributed by atoms with Crippen LogP contribution in [0.15, 0.2) is 21.2 Å².